The van der Waals surface area contributed by atoms with Crippen molar-refractivity contribution >= 4 is 12.0 Å². The molecule has 2 amide bonds. The van der Waals surface area contributed by atoms with Crippen LogP contribution in [0.5, 0.6) is 0 Å². The molecule has 116 valence electrons. The predicted molar refractivity (Wildman–Crippen MR) is 76.9 cm³/mol. The van der Waals surface area contributed by atoms with Crippen molar-refractivity contribution < 1.29 is 14.7 Å². The molecule has 1 aliphatic rings. The fraction of sp³-hybridized carbons (Fsp3) is 0.643. The highest BCUT2D eigenvalue weighted by Crippen LogP contribution is 2.19. The number of hydrogen-bond donors (Lipinski definition) is 2. The molecule has 2 N–H and O–H groups in total. The van der Waals surface area contributed by atoms with E-state index in [1.807, 2.05) is 13.1 Å². The first kappa shape index (κ1) is 15.3. The third-order valence-corrected chi connectivity index (χ3v) is 3.85. The van der Waals surface area contributed by atoms with Crippen molar-refractivity contribution in [3.8, 4) is 0 Å². The van der Waals surface area contributed by atoms with Gasteiger partial charge in [-0.25, -0.2) is 4.79 Å². The number of carbonyl (C=O) groups is 2. The van der Waals surface area contributed by atoms with E-state index in [9.17, 15) is 9.59 Å². The summed E-state index contributed by atoms with van der Waals surface area (Å²) in [5, 5.41) is 15.8. The van der Waals surface area contributed by atoms with Crippen molar-refractivity contribution in [2.75, 3.05) is 19.6 Å². The minimum absolute atomic E-state index is 0.0686. The molecule has 0 aromatic carbocycles. The number of urea groups is 1. The second-order valence-corrected chi connectivity index (χ2v) is 5.48. The zero-order valence-electron chi connectivity index (χ0n) is 12.3. The molecule has 1 unspecified atom stereocenters. The van der Waals surface area contributed by atoms with Gasteiger partial charge in [-0.2, -0.15) is 5.10 Å². The smallest absolute Gasteiger partial charge is 0.317 e. The lowest BCUT2D eigenvalue weighted by atomic mass is 9.95. The average Bonchev–Trinajstić information content (AvgIpc) is 2.84. The SMILES string of the molecule is Cn1nccc1CCNC(=O)N1CCCC(CC(=O)O)C1. The zero-order valence-corrected chi connectivity index (χ0v) is 12.3. The summed E-state index contributed by atoms with van der Waals surface area (Å²) in [6.07, 6.45) is 4.35. The molecule has 0 aliphatic carbocycles. The lowest BCUT2D eigenvalue weighted by molar-refractivity contribution is -0.138. The van der Waals surface area contributed by atoms with Crippen LogP contribution in [0, 0.1) is 5.92 Å². The van der Waals surface area contributed by atoms with E-state index >= 15 is 0 Å². The van der Waals surface area contributed by atoms with Crippen molar-refractivity contribution in [2.24, 2.45) is 13.0 Å². The Hall–Kier alpha value is -2.05. The molecule has 1 aromatic rings. The van der Waals surface area contributed by atoms with Crippen LogP contribution in [0.15, 0.2) is 12.3 Å². The first-order valence-electron chi connectivity index (χ1n) is 7.27. The molecule has 1 fully saturated rings. The summed E-state index contributed by atoms with van der Waals surface area (Å²) >= 11 is 0. The number of nitrogens with one attached hydrogen (secondary N) is 1. The van der Waals surface area contributed by atoms with Gasteiger partial charge in [0.1, 0.15) is 0 Å². The van der Waals surface area contributed by atoms with Crippen molar-refractivity contribution in [3.05, 3.63) is 18.0 Å². The van der Waals surface area contributed by atoms with E-state index in [4.69, 9.17) is 5.11 Å². The van der Waals surface area contributed by atoms with E-state index in [1.54, 1.807) is 15.8 Å². The second kappa shape index (κ2) is 7.10. The Morgan fingerprint density at radius 3 is 3.00 bits per heavy atom. The monoisotopic (exact) mass is 294 g/mol. The Labute approximate surface area is 123 Å². The lowest BCUT2D eigenvalue weighted by Crippen LogP contribution is -2.46. The summed E-state index contributed by atoms with van der Waals surface area (Å²) in [4.78, 5) is 24.6. The molecule has 1 aromatic heterocycles. The van der Waals surface area contributed by atoms with Crippen LogP contribution in [0.2, 0.25) is 0 Å². The standard InChI is InChI=1S/C14H22N4O3/c1-17-12(5-7-16-17)4-6-15-14(21)18-8-2-3-11(10-18)9-13(19)20/h5,7,11H,2-4,6,8-10H2,1H3,(H,15,21)(H,19,20). The Kier molecular flexibility index (Phi) is 5.19. The Bertz CT molecular complexity index is 500. The van der Waals surface area contributed by atoms with Crippen LogP contribution in [0.25, 0.3) is 0 Å². The number of aryl methyl sites for hydroxylation is 1. The van der Waals surface area contributed by atoms with E-state index in [2.05, 4.69) is 10.4 Å². The number of hydrogen-bond acceptors (Lipinski definition) is 3. The summed E-state index contributed by atoms with van der Waals surface area (Å²) in [5.41, 5.74) is 1.07. The molecule has 1 aliphatic heterocycles. The van der Waals surface area contributed by atoms with Crippen LogP contribution in [0.1, 0.15) is 25.0 Å². The highest BCUT2D eigenvalue weighted by molar-refractivity contribution is 5.74. The minimum Gasteiger partial charge on any atom is -0.481 e. The highest BCUT2D eigenvalue weighted by atomic mass is 16.4. The molecule has 0 bridgehead atoms. The molecule has 0 radical (unpaired) electrons. The molecule has 7 heteroatoms. The third kappa shape index (κ3) is 4.47. The molecule has 2 heterocycles. The largest absolute Gasteiger partial charge is 0.481 e. The van der Waals surface area contributed by atoms with Gasteiger partial charge >= 0.3 is 12.0 Å². The quantitative estimate of drug-likeness (QED) is 0.843. The zero-order chi connectivity index (χ0) is 15.2. The van der Waals surface area contributed by atoms with Crippen LogP contribution in [0.4, 0.5) is 4.79 Å². The van der Waals surface area contributed by atoms with Crippen molar-refractivity contribution in [1.29, 1.82) is 0 Å². The van der Waals surface area contributed by atoms with Crippen LogP contribution in [0.3, 0.4) is 0 Å². The van der Waals surface area contributed by atoms with Crippen molar-refractivity contribution in [2.45, 2.75) is 25.7 Å². The lowest BCUT2D eigenvalue weighted by Gasteiger charge is -2.32. The molecule has 0 spiro atoms. The number of carboxylic acid groups (broad SMARTS) is 1. The molecule has 1 atom stereocenters. The number of carboxylic acids is 1. The topological polar surface area (TPSA) is 87.5 Å². The van der Waals surface area contributed by atoms with E-state index < -0.39 is 5.97 Å². The van der Waals surface area contributed by atoms with Crippen LogP contribution in [-0.4, -0.2) is 51.4 Å². The van der Waals surface area contributed by atoms with E-state index in [0.717, 1.165) is 25.0 Å². The third-order valence-electron chi connectivity index (χ3n) is 3.85. The van der Waals surface area contributed by atoms with Crippen molar-refractivity contribution in [3.63, 3.8) is 0 Å². The number of piperidine rings is 1. The molecule has 0 saturated carbocycles. The molecule has 2 rings (SSSR count). The number of carbonyl (C=O) groups excluding carboxylic acids is 1. The van der Waals surface area contributed by atoms with E-state index in [0.29, 0.717) is 19.6 Å². The first-order valence-corrected chi connectivity index (χ1v) is 7.27. The van der Waals surface area contributed by atoms with Gasteiger partial charge in [0.25, 0.3) is 0 Å². The number of aromatic nitrogens is 2. The Morgan fingerprint density at radius 2 is 2.33 bits per heavy atom. The molecular formula is C14H22N4O3. The summed E-state index contributed by atoms with van der Waals surface area (Å²) < 4.78 is 1.79. The maximum Gasteiger partial charge on any atom is 0.317 e. The van der Waals surface area contributed by atoms with Gasteiger partial charge in [-0.15, -0.1) is 0 Å². The van der Waals surface area contributed by atoms with E-state index in [-0.39, 0.29) is 18.4 Å². The minimum atomic E-state index is -0.793. The highest BCUT2D eigenvalue weighted by Gasteiger charge is 2.24. The number of rotatable bonds is 5. The second-order valence-electron chi connectivity index (χ2n) is 5.48. The number of nitrogens with zero attached hydrogens (tertiary/aromatic N) is 3. The predicted octanol–water partition coefficient (Wildman–Crippen LogP) is 0.859. The molecule has 7 nitrogen and oxygen atoms in total. The average molecular weight is 294 g/mol. The molecule has 1 saturated heterocycles. The Morgan fingerprint density at radius 1 is 1.52 bits per heavy atom. The summed E-state index contributed by atoms with van der Waals surface area (Å²) in [7, 11) is 1.87. The Balaban J connectivity index is 1.75. The van der Waals surface area contributed by atoms with Gasteiger partial charge in [0, 0.05) is 51.4 Å². The van der Waals surface area contributed by atoms with Crippen molar-refractivity contribution in [1.82, 2.24) is 20.0 Å². The van der Waals surface area contributed by atoms with Crippen LogP contribution in [-0.2, 0) is 18.3 Å². The van der Waals surface area contributed by atoms with Gasteiger partial charge in [0.15, 0.2) is 0 Å². The first-order chi connectivity index (χ1) is 10.1. The van der Waals surface area contributed by atoms with Gasteiger partial charge in [-0.1, -0.05) is 0 Å². The fourth-order valence-electron chi connectivity index (χ4n) is 2.72. The number of aliphatic carboxylic acids is 1. The van der Waals surface area contributed by atoms with Crippen LogP contribution < -0.4 is 5.32 Å². The summed E-state index contributed by atoms with van der Waals surface area (Å²) in [6.45, 7) is 1.79. The van der Waals surface area contributed by atoms with Gasteiger partial charge < -0.3 is 15.3 Å². The van der Waals surface area contributed by atoms with Crippen LogP contribution >= 0.6 is 0 Å². The maximum absolute atomic E-state index is 12.1. The summed E-state index contributed by atoms with van der Waals surface area (Å²) in [5.74, 6) is -0.725. The fourth-order valence-corrected chi connectivity index (χ4v) is 2.72. The van der Waals surface area contributed by atoms with Gasteiger partial charge in [0.2, 0.25) is 0 Å². The van der Waals surface area contributed by atoms with E-state index in [1.165, 1.54) is 0 Å². The molecule has 21 heavy (non-hydrogen) atoms. The number of amides is 2. The van der Waals surface area contributed by atoms with Gasteiger partial charge in [0.05, 0.1) is 0 Å². The maximum atomic E-state index is 12.1. The van der Waals surface area contributed by atoms with Gasteiger partial charge in [-0.3, -0.25) is 9.48 Å². The normalized spacial score (nSPS) is 18.5. The molecular weight excluding hydrogens is 272 g/mol. The van der Waals surface area contributed by atoms with Gasteiger partial charge in [-0.05, 0) is 24.8 Å². The number of likely N-dealkylation sites (tertiary alicyclic amines) is 1. The summed E-state index contributed by atoms with van der Waals surface area (Å²) in [6, 6.07) is 1.82.